The maximum Gasteiger partial charge on any atom is 0.232 e. The smallest absolute Gasteiger partial charge is 0.232 e. The summed E-state index contributed by atoms with van der Waals surface area (Å²) < 4.78 is 5.22. The number of anilines is 1. The van der Waals surface area contributed by atoms with Gasteiger partial charge in [-0.15, -0.1) is 0 Å². The number of ether oxygens (including phenoxy) is 1. The first-order valence-corrected chi connectivity index (χ1v) is 5.91. The minimum absolute atomic E-state index is 0. The average Bonchev–Trinajstić information content (AvgIpc) is 2.29. The summed E-state index contributed by atoms with van der Waals surface area (Å²) in [7, 11) is 0. The molecule has 1 aliphatic carbocycles. The van der Waals surface area contributed by atoms with Crippen LogP contribution in [0.15, 0.2) is 30.3 Å². The fourth-order valence-corrected chi connectivity index (χ4v) is 2.08. The van der Waals surface area contributed by atoms with E-state index in [-0.39, 0.29) is 20.9 Å². The highest BCUT2D eigenvalue weighted by atomic mass is 16.5. The number of carbonyl (C=O) groups is 1. The molecule has 4 heteroatoms. The fourth-order valence-electron chi connectivity index (χ4n) is 2.08. The van der Waals surface area contributed by atoms with Crippen molar-refractivity contribution in [3.63, 3.8) is 0 Å². The van der Waals surface area contributed by atoms with Crippen LogP contribution in [0, 0.1) is 5.41 Å². The number of hydrogen-bond acceptors (Lipinski definition) is 3. The van der Waals surface area contributed by atoms with E-state index in [1.165, 1.54) is 0 Å². The van der Waals surface area contributed by atoms with Crippen LogP contribution in [0.5, 0.6) is 0 Å². The third kappa shape index (κ3) is 2.65. The van der Waals surface area contributed by atoms with Crippen molar-refractivity contribution < 1.29 is 12.4 Å². The van der Waals surface area contributed by atoms with Gasteiger partial charge in [0.25, 0.3) is 0 Å². The summed E-state index contributed by atoms with van der Waals surface area (Å²) in [5, 5.41) is 2.93. The molecule has 2 rings (SSSR count). The van der Waals surface area contributed by atoms with Gasteiger partial charge in [0.05, 0.1) is 18.8 Å². The summed E-state index contributed by atoms with van der Waals surface area (Å²) in [5.41, 5.74) is 5.78. The van der Waals surface area contributed by atoms with Crippen LogP contribution in [-0.4, -0.2) is 19.2 Å². The van der Waals surface area contributed by atoms with Gasteiger partial charge < -0.3 is 15.8 Å². The number of hydrogen-bond donors (Lipinski definition) is 2. The van der Waals surface area contributed by atoms with E-state index in [0.29, 0.717) is 6.61 Å². The topological polar surface area (TPSA) is 64.3 Å². The molecule has 4 nitrogen and oxygen atoms in total. The molecule has 1 aromatic rings. The second-order valence-corrected chi connectivity index (χ2v) is 4.47. The van der Waals surface area contributed by atoms with Crippen LogP contribution >= 0.6 is 0 Å². The number of para-hydroxylation sites is 1. The van der Waals surface area contributed by atoms with Crippen LogP contribution in [0.4, 0.5) is 5.69 Å². The molecule has 1 saturated carbocycles. The summed E-state index contributed by atoms with van der Waals surface area (Å²) in [6.07, 6.45) is 2.84. The molecule has 0 saturated heterocycles. The number of carbonyl (C=O) groups excluding carboxylic acids is 1. The minimum atomic E-state index is -0.366. The van der Waals surface area contributed by atoms with Crippen molar-refractivity contribution in [2.24, 2.45) is 11.1 Å². The molecule has 0 aromatic heterocycles. The third-order valence-corrected chi connectivity index (χ3v) is 3.32. The van der Waals surface area contributed by atoms with Crippen LogP contribution in [0.1, 0.15) is 22.1 Å². The number of nitrogens with one attached hydrogen (secondary N) is 1. The van der Waals surface area contributed by atoms with E-state index in [4.69, 9.17) is 10.5 Å². The van der Waals surface area contributed by atoms with Gasteiger partial charge >= 0.3 is 0 Å². The number of benzene rings is 1. The molecule has 1 fully saturated rings. The molecule has 96 valence electrons. The van der Waals surface area contributed by atoms with Crippen LogP contribution in [0.3, 0.4) is 0 Å². The van der Waals surface area contributed by atoms with Gasteiger partial charge in [0.15, 0.2) is 0 Å². The van der Waals surface area contributed by atoms with E-state index >= 15 is 0 Å². The van der Waals surface area contributed by atoms with Crippen LogP contribution in [0.25, 0.3) is 0 Å². The molecule has 1 amide bonds. The molecule has 3 N–H and O–H groups in total. The Morgan fingerprint density at radius 1 is 1.41 bits per heavy atom. The Labute approximate surface area is 104 Å². The zero-order valence-corrected chi connectivity index (χ0v) is 9.82. The predicted molar refractivity (Wildman–Crippen MR) is 70.6 cm³/mol. The lowest BCUT2D eigenvalue weighted by atomic mass is 9.68. The van der Waals surface area contributed by atoms with Gasteiger partial charge in [-0.2, -0.15) is 0 Å². The predicted octanol–water partition coefficient (Wildman–Crippen LogP) is 2.22. The van der Waals surface area contributed by atoms with Gasteiger partial charge in [0.1, 0.15) is 0 Å². The van der Waals surface area contributed by atoms with Crippen LogP contribution < -0.4 is 11.1 Å². The van der Waals surface area contributed by atoms with E-state index in [1.807, 2.05) is 30.3 Å². The lowest BCUT2D eigenvalue weighted by Crippen LogP contribution is -2.46. The summed E-state index contributed by atoms with van der Waals surface area (Å²) in [5.74, 6) is 0.0448. The lowest BCUT2D eigenvalue weighted by Gasteiger charge is -2.39. The van der Waals surface area contributed by atoms with Crippen molar-refractivity contribution in [2.75, 3.05) is 18.7 Å². The molecule has 1 aliphatic rings. The highest BCUT2D eigenvalue weighted by Crippen LogP contribution is 2.42. The van der Waals surface area contributed by atoms with E-state index in [2.05, 4.69) is 5.32 Å². The number of amides is 1. The van der Waals surface area contributed by atoms with E-state index in [1.54, 1.807) is 0 Å². The Bertz CT molecular complexity index is 383. The van der Waals surface area contributed by atoms with Gasteiger partial charge in [0, 0.05) is 8.54 Å². The minimum Gasteiger partial charge on any atom is -0.365 e. The first kappa shape index (κ1) is 12.1. The Morgan fingerprint density at radius 2 is 2.12 bits per heavy atom. The Morgan fingerprint density at radius 3 is 2.65 bits per heavy atom. The van der Waals surface area contributed by atoms with Gasteiger partial charge in [-0.1, -0.05) is 24.6 Å². The zero-order chi connectivity index (χ0) is 12.1. The quantitative estimate of drug-likeness (QED) is 0.773. The number of rotatable bonds is 5. The molecule has 0 bridgehead atoms. The summed E-state index contributed by atoms with van der Waals surface area (Å²) in [6, 6.07) is 9.49. The van der Waals surface area contributed by atoms with Crippen LogP contribution in [0.2, 0.25) is 0 Å². The number of nitrogens with two attached hydrogens (primary N) is 1. The molecule has 0 radical (unpaired) electrons. The molecule has 17 heavy (non-hydrogen) atoms. The van der Waals surface area contributed by atoms with Gasteiger partial charge in [-0.25, -0.2) is 0 Å². The Hall–Kier alpha value is -1.39. The zero-order valence-electron chi connectivity index (χ0n) is 9.82. The molecular formula is C13H22N2O2. The van der Waals surface area contributed by atoms with E-state index in [0.717, 1.165) is 24.9 Å². The molecular weight excluding hydrogens is 216 g/mol. The SMILES string of the molecule is NCOCC1(C(=O)Nc2ccccc2)CCC1.[HH].[HH]. The van der Waals surface area contributed by atoms with E-state index < -0.39 is 0 Å². The largest absolute Gasteiger partial charge is 0.365 e. The second-order valence-electron chi connectivity index (χ2n) is 4.47. The van der Waals surface area contributed by atoms with Crippen molar-refractivity contribution in [1.82, 2.24) is 0 Å². The normalized spacial score (nSPS) is 17.2. The van der Waals surface area contributed by atoms with Gasteiger partial charge in [-0.3, -0.25) is 4.79 Å². The molecule has 0 aliphatic heterocycles. The average molecular weight is 238 g/mol. The van der Waals surface area contributed by atoms with Gasteiger partial charge in [-0.05, 0) is 25.0 Å². The molecule has 1 aromatic carbocycles. The third-order valence-electron chi connectivity index (χ3n) is 3.32. The monoisotopic (exact) mass is 238 g/mol. The maximum absolute atomic E-state index is 12.2. The summed E-state index contributed by atoms with van der Waals surface area (Å²) in [4.78, 5) is 12.2. The second kappa shape index (κ2) is 5.29. The van der Waals surface area contributed by atoms with Crippen molar-refractivity contribution in [3.05, 3.63) is 30.3 Å². The first-order valence-electron chi connectivity index (χ1n) is 5.91. The van der Waals surface area contributed by atoms with E-state index in [9.17, 15) is 4.79 Å². The van der Waals surface area contributed by atoms with Crippen molar-refractivity contribution in [1.29, 1.82) is 0 Å². The first-order chi connectivity index (χ1) is 8.27. The fraction of sp³-hybridized carbons (Fsp3) is 0.462. The van der Waals surface area contributed by atoms with Crippen molar-refractivity contribution >= 4 is 11.6 Å². The van der Waals surface area contributed by atoms with Crippen molar-refractivity contribution in [2.45, 2.75) is 19.3 Å². The maximum atomic E-state index is 12.2. The summed E-state index contributed by atoms with van der Waals surface area (Å²) in [6.45, 7) is 0.586. The molecule has 0 spiro atoms. The van der Waals surface area contributed by atoms with Gasteiger partial charge in [0.2, 0.25) is 5.91 Å². The molecule has 0 heterocycles. The van der Waals surface area contributed by atoms with Crippen molar-refractivity contribution in [3.8, 4) is 0 Å². The Balaban J connectivity index is 0.00000162. The molecule has 0 unspecified atom stereocenters. The highest BCUT2D eigenvalue weighted by Gasteiger charge is 2.44. The molecule has 0 atom stereocenters. The lowest BCUT2D eigenvalue weighted by molar-refractivity contribution is -0.135. The standard InChI is InChI=1S/C13H18N2O2.2H2/c14-10-17-9-13(7-4-8-13)12(16)15-11-5-2-1-3-6-11;;/h1-3,5-6H,4,7-10,14H2,(H,15,16);2*1H. The highest BCUT2D eigenvalue weighted by molar-refractivity contribution is 5.96. The van der Waals surface area contributed by atoms with Crippen LogP contribution in [-0.2, 0) is 9.53 Å². The summed E-state index contributed by atoms with van der Waals surface area (Å²) >= 11 is 0. The Kier molecular flexibility index (Phi) is 3.76.